The zero-order valence-corrected chi connectivity index (χ0v) is 29.2. The number of benzene rings is 7. The molecule has 0 radical (unpaired) electrons. The van der Waals surface area contributed by atoms with Gasteiger partial charge in [-0.3, -0.25) is 0 Å². The maximum absolute atomic E-state index is 10.6. The Kier molecular flexibility index (Phi) is 8.18. The molecule has 9 rings (SSSR count). The fourth-order valence-corrected chi connectivity index (χ4v) is 7.02. The molecule has 0 bridgehead atoms. The SMILES string of the molecule is N#Cc1ccc(-c2ccc3c(c2)c2cc(-c4ccc(C#N)cc4)ccc2n3-c2ccc(-c3nc(-c4ccccc4)nc(-c4ccccc4)n3)c(C#N)c2)cc1. The summed E-state index contributed by atoms with van der Waals surface area (Å²) in [5.74, 6) is 1.46. The van der Waals surface area contributed by atoms with Crippen molar-refractivity contribution in [3.05, 3.63) is 180 Å². The van der Waals surface area contributed by atoms with Gasteiger partial charge in [-0.25, -0.2) is 15.0 Å². The third-order valence-corrected chi connectivity index (χ3v) is 9.78. The van der Waals surface area contributed by atoms with Crippen LogP contribution in [0.4, 0.5) is 0 Å². The first kappa shape index (κ1) is 32.7. The Morgan fingerprint density at radius 2 is 0.836 bits per heavy atom. The molecule has 0 amide bonds. The molecule has 0 spiro atoms. The van der Waals surface area contributed by atoms with Crippen molar-refractivity contribution in [1.82, 2.24) is 19.5 Å². The van der Waals surface area contributed by atoms with Crippen molar-refractivity contribution in [2.45, 2.75) is 0 Å². The number of nitrogens with zero attached hydrogens (tertiary/aromatic N) is 7. The lowest BCUT2D eigenvalue weighted by Gasteiger charge is -2.12. The lowest BCUT2D eigenvalue weighted by Crippen LogP contribution is -2.02. The summed E-state index contributed by atoms with van der Waals surface area (Å²) < 4.78 is 2.18. The zero-order valence-electron chi connectivity index (χ0n) is 29.2. The summed E-state index contributed by atoms with van der Waals surface area (Å²) in [6.07, 6.45) is 0. The third kappa shape index (κ3) is 6.03. The number of fused-ring (bicyclic) bond motifs is 3. The molecule has 0 atom stereocenters. The van der Waals surface area contributed by atoms with Gasteiger partial charge < -0.3 is 4.57 Å². The third-order valence-electron chi connectivity index (χ3n) is 9.78. The first-order chi connectivity index (χ1) is 27.1. The van der Waals surface area contributed by atoms with Crippen LogP contribution in [0, 0.1) is 34.0 Å². The van der Waals surface area contributed by atoms with Crippen LogP contribution in [0.15, 0.2) is 164 Å². The van der Waals surface area contributed by atoms with Gasteiger partial charge in [-0.2, -0.15) is 15.8 Å². The van der Waals surface area contributed by atoms with Crippen LogP contribution in [0.3, 0.4) is 0 Å². The lowest BCUT2D eigenvalue weighted by molar-refractivity contribution is 1.07. The summed E-state index contributed by atoms with van der Waals surface area (Å²) >= 11 is 0. The minimum Gasteiger partial charge on any atom is -0.309 e. The monoisotopic (exact) mass is 701 g/mol. The Hall–Kier alpha value is -8.18. The molecule has 0 unspecified atom stereocenters. The molecule has 0 saturated carbocycles. The van der Waals surface area contributed by atoms with Gasteiger partial charge in [-0.05, 0) is 89.0 Å². The van der Waals surface area contributed by atoms with E-state index in [0.29, 0.717) is 39.7 Å². The first-order valence-corrected chi connectivity index (χ1v) is 17.6. The molecule has 2 heterocycles. The van der Waals surface area contributed by atoms with Gasteiger partial charge in [0.1, 0.15) is 0 Å². The van der Waals surface area contributed by atoms with Crippen molar-refractivity contribution in [1.29, 1.82) is 15.8 Å². The summed E-state index contributed by atoms with van der Waals surface area (Å²) in [5.41, 5.74) is 10.8. The number of nitriles is 3. The van der Waals surface area contributed by atoms with Crippen molar-refractivity contribution in [2.24, 2.45) is 0 Å². The standard InChI is InChI=1S/C48H27N7/c49-28-31-11-15-33(16-12-31)37-19-23-44-42(26-37)43-27-38(34-17-13-32(29-50)14-18-34)20-24-45(43)55(44)40-21-22-41(39(25-40)30-51)48-53-46(35-7-3-1-4-8-35)52-47(54-48)36-9-5-2-6-10-36/h1-27H. The Morgan fingerprint density at radius 1 is 0.382 bits per heavy atom. The maximum Gasteiger partial charge on any atom is 0.165 e. The second-order valence-electron chi connectivity index (χ2n) is 13.1. The number of hydrogen-bond donors (Lipinski definition) is 0. The topological polar surface area (TPSA) is 115 Å². The predicted octanol–water partition coefficient (Wildman–Crippen LogP) is 10.9. The Labute approximate surface area is 316 Å². The van der Waals surface area contributed by atoms with E-state index >= 15 is 0 Å². The molecule has 55 heavy (non-hydrogen) atoms. The van der Waals surface area contributed by atoms with Crippen LogP contribution in [-0.2, 0) is 0 Å². The van der Waals surface area contributed by atoms with E-state index in [4.69, 9.17) is 15.0 Å². The largest absolute Gasteiger partial charge is 0.309 e. The van der Waals surface area contributed by atoms with Crippen molar-refractivity contribution >= 4 is 21.8 Å². The molecule has 0 aliphatic carbocycles. The van der Waals surface area contributed by atoms with Crippen LogP contribution < -0.4 is 0 Å². The van der Waals surface area contributed by atoms with Crippen LogP contribution >= 0.6 is 0 Å². The van der Waals surface area contributed by atoms with Crippen molar-refractivity contribution in [3.8, 4) is 80.3 Å². The average Bonchev–Trinajstić information content (AvgIpc) is 3.59. The van der Waals surface area contributed by atoms with Gasteiger partial charge in [0, 0.05) is 33.2 Å². The number of rotatable bonds is 6. The van der Waals surface area contributed by atoms with Crippen LogP contribution in [-0.4, -0.2) is 19.5 Å². The molecule has 254 valence electrons. The molecular formula is C48H27N7. The molecule has 0 aliphatic heterocycles. The zero-order chi connectivity index (χ0) is 37.3. The van der Waals surface area contributed by atoms with E-state index in [2.05, 4.69) is 59.2 Å². The molecule has 7 nitrogen and oxygen atoms in total. The van der Waals surface area contributed by atoms with E-state index < -0.39 is 0 Å². The summed E-state index contributed by atoms with van der Waals surface area (Å²) in [7, 11) is 0. The van der Waals surface area contributed by atoms with E-state index in [1.165, 1.54) is 0 Å². The minimum absolute atomic E-state index is 0.414. The molecule has 7 aromatic carbocycles. The Balaban J connectivity index is 1.22. The van der Waals surface area contributed by atoms with Crippen molar-refractivity contribution < 1.29 is 0 Å². The van der Waals surface area contributed by atoms with Gasteiger partial charge in [-0.1, -0.05) is 97.1 Å². The lowest BCUT2D eigenvalue weighted by atomic mass is 9.99. The molecule has 7 heteroatoms. The fourth-order valence-electron chi connectivity index (χ4n) is 7.02. The first-order valence-electron chi connectivity index (χ1n) is 17.6. The Bertz CT molecular complexity index is 2860. The fraction of sp³-hybridized carbons (Fsp3) is 0. The summed E-state index contributed by atoms with van der Waals surface area (Å²) in [4.78, 5) is 14.6. The predicted molar refractivity (Wildman–Crippen MR) is 215 cm³/mol. The van der Waals surface area contributed by atoms with Crippen LogP contribution in [0.5, 0.6) is 0 Å². The van der Waals surface area contributed by atoms with Gasteiger partial charge in [0.15, 0.2) is 17.5 Å². The van der Waals surface area contributed by atoms with Crippen molar-refractivity contribution in [2.75, 3.05) is 0 Å². The maximum atomic E-state index is 10.6. The molecule has 0 saturated heterocycles. The normalized spacial score (nSPS) is 10.9. The average molecular weight is 702 g/mol. The summed E-state index contributed by atoms with van der Waals surface area (Å²) in [6, 6.07) is 60.1. The van der Waals surface area contributed by atoms with Gasteiger partial charge in [0.2, 0.25) is 0 Å². The van der Waals surface area contributed by atoms with Crippen LogP contribution in [0.25, 0.3) is 83.9 Å². The minimum atomic E-state index is 0.414. The summed E-state index contributed by atoms with van der Waals surface area (Å²) in [6.45, 7) is 0. The summed E-state index contributed by atoms with van der Waals surface area (Å²) in [5, 5.41) is 31.4. The van der Waals surface area contributed by atoms with Crippen molar-refractivity contribution in [3.63, 3.8) is 0 Å². The Morgan fingerprint density at radius 3 is 1.29 bits per heavy atom. The number of hydrogen-bond acceptors (Lipinski definition) is 6. The van der Waals surface area contributed by atoms with E-state index in [1.807, 2.05) is 127 Å². The number of aromatic nitrogens is 4. The quantitative estimate of drug-likeness (QED) is 0.170. The highest BCUT2D eigenvalue weighted by Gasteiger charge is 2.19. The van der Waals surface area contributed by atoms with Gasteiger partial charge in [0.05, 0.1) is 45.9 Å². The van der Waals surface area contributed by atoms with Gasteiger partial charge in [0.25, 0.3) is 0 Å². The molecule has 0 fully saturated rings. The van der Waals surface area contributed by atoms with E-state index in [9.17, 15) is 15.8 Å². The highest BCUT2D eigenvalue weighted by Crippen LogP contribution is 2.38. The van der Waals surface area contributed by atoms with Gasteiger partial charge >= 0.3 is 0 Å². The molecule has 2 aromatic heterocycles. The highest BCUT2D eigenvalue weighted by atomic mass is 15.0. The smallest absolute Gasteiger partial charge is 0.165 e. The van der Waals surface area contributed by atoms with E-state index in [0.717, 1.165) is 60.9 Å². The molecule has 9 aromatic rings. The van der Waals surface area contributed by atoms with Crippen LogP contribution in [0.2, 0.25) is 0 Å². The second-order valence-corrected chi connectivity index (χ2v) is 13.1. The van der Waals surface area contributed by atoms with Crippen LogP contribution in [0.1, 0.15) is 16.7 Å². The highest BCUT2D eigenvalue weighted by molar-refractivity contribution is 6.11. The molecule has 0 N–H and O–H groups in total. The van der Waals surface area contributed by atoms with Gasteiger partial charge in [-0.15, -0.1) is 0 Å². The van der Waals surface area contributed by atoms with E-state index in [1.54, 1.807) is 0 Å². The van der Waals surface area contributed by atoms with E-state index in [-0.39, 0.29) is 0 Å². The molecular weight excluding hydrogens is 675 g/mol. The second kappa shape index (κ2) is 13.7. The molecule has 0 aliphatic rings.